The van der Waals surface area contributed by atoms with E-state index in [1.807, 2.05) is 0 Å². The molecule has 3 amide bonds. The Morgan fingerprint density at radius 2 is 2.00 bits per heavy atom. The number of hydrogen-bond donors (Lipinski definition) is 3. The second kappa shape index (κ2) is 9.33. The molecule has 10 heteroatoms. The Morgan fingerprint density at radius 3 is 2.59 bits per heavy atom. The standard InChI is InChI=1S/C17H28N6O4/c1-17(2,3)27-16(26)18-8-4-5-13(24)23-9-6-12(7-10-23)21-15(25)14-19-11-20-22-14/h11-12H,4-10H2,1-3H3,(H,18,26)(H,21,25)(H,19,20,22). The third kappa shape index (κ3) is 7.24. The van der Waals surface area contributed by atoms with Gasteiger partial charge in [-0.05, 0) is 40.0 Å². The Hall–Kier alpha value is -2.65. The minimum Gasteiger partial charge on any atom is -0.444 e. The van der Waals surface area contributed by atoms with Crippen molar-refractivity contribution in [3.8, 4) is 0 Å². The fourth-order valence-corrected chi connectivity index (χ4v) is 2.74. The maximum atomic E-state index is 12.3. The molecule has 0 aromatic carbocycles. The van der Waals surface area contributed by atoms with E-state index in [0.717, 1.165) is 0 Å². The molecule has 0 radical (unpaired) electrons. The normalized spacial score (nSPS) is 15.3. The van der Waals surface area contributed by atoms with Crippen molar-refractivity contribution in [1.29, 1.82) is 0 Å². The van der Waals surface area contributed by atoms with Crippen LogP contribution in [0.1, 0.15) is 57.1 Å². The molecule has 0 spiro atoms. The summed E-state index contributed by atoms with van der Waals surface area (Å²) in [6, 6.07) is 0.0143. The summed E-state index contributed by atoms with van der Waals surface area (Å²) in [7, 11) is 0. The molecule has 1 saturated heterocycles. The van der Waals surface area contributed by atoms with E-state index in [1.165, 1.54) is 6.33 Å². The summed E-state index contributed by atoms with van der Waals surface area (Å²) in [6.07, 6.45) is 3.13. The molecule has 1 aromatic heterocycles. The van der Waals surface area contributed by atoms with Gasteiger partial charge in [-0.2, -0.15) is 5.10 Å². The number of amides is 3. The predicted octanol–water partition coefficient (Wildman–Crippen LogP) is 0.830. The van der Waals surface area contributed by atoms with Gasteiger partial charge >= 0.3 is 6.09 Å². The van der Waals surface area contributed by atoms with Crippen molar-refractivity contribution in [3.63, 3.8) is 0 Å². The highest BCUT2D eigenvalue weighted by Crippen LogP contribution is 2.12. The molecule has 1 aliphatic heterocycles. The highest BCUT2D eigenvalue weighted by Gasteiger charge is 2.24. The molecular formula is C17H28N6O4. The lowest BCUT2D eigenvalue weighted by atomic mass is 10.0. The number of aromatic amines is 1. The van der Waals surface area contributed by atoms with Crippen LogP contribution in [0.2, 0.25) is 0 Å². The molecule has 1 aliphatic rings. The van der Waals surface area contributed by atoms with Crippen LogP contribution in [0.4, 0.5) is 4.79 Å². The summed E-state index contributed by atoms with van der Waals surface area (Å²) in [5.41, 5.74) is -0.535. The number of likely N-dealkylation sites (tertiary alicyclic amines) is 1. The fraction of sp³-hybridized carbons (Fsp3) is 0.706. The van der Waals surface area contributed by atoms with Crippen LogP contribution in [0.25, 0.3) is 0 Å². The van der Waals surface area contributed by atoms with Crippen LogP contribution in [0.15, 0.2) is 6.33 Å². The average Bonchev–Trinajstić information content (AvgIpc) is 3.12. The summed E-state index contributed by atoms with van der Waals surface area (Å²) in [5.74, 6) is -0.0440. The van der Waals surface area contributed by atoms with Gasteiger partial charge in [-0.1, -0.05) is 0 Å². The van der Waals surface area contributed by atoms with E-state index >= 15 is 0 Å². The maximum Gasteiger partial charge on any atom is 0.407 e. The maximum absolute atomic E-state index is 12.3. The Bertz CT molecular complexity index is 632. The predicted molar refractivity (Wildman–Crippen MR) is 96.9 cm³/mol. The van der Waals surface area contributed by atoms with Crippen LogP contribution in [0.5, 0.6) is 0 Å². The smallest absolute Gasteiger partial charge is 0.407 e. The van der Waals surface area contributed by atoms with Crippen LogP contribution in [0, 0.1) is 0 Å². The van der Waals surface area contributed by atoms with Gasteiger partial charge in [0.1, 0.15) is 11.9 Å². The number of aromatic nitrogens is 3. The summed E-state index contributed by atoms with van der Waals surface area (Å²) in [5, 5.41) is 11.7. The van der Waals surface area contributed by atoms with Gasteiger partial charge in [-0.25, -0.2) is 9.78 Å². The van der Waals surface area contributed by atoms with Gasteiger partial charge < -0.3 is 20.3 Å². The summed E-state index contributed by atoms with van der Waals surface area (Å²) in [6.45, 7) is 6.98. The molecule has 150 valence electrons. The molecule has 0 unspecified atom stereocenters. The number of hydrogen-bond acceptors (Lipinski definition) is 6. The molecule has 1 fully saturated rings. The first-order chi connectivity index (χ1) is 12.7. The summed E-state index contributed by atoms with van der Waals surface area (Å²) >= 11 is 0. The van der Waals surface area contributed by atoms with Crippen LogP contribution < -0.4 is 10.6 Å². The third-order valence-electron chi connectivity index (χ3n) is 4.05. The number of nitrogens with one attached hydrogen (secondary N) is 3. The van der Waals surface area contributed by atoms with Crippen molar-refractivity contribution in [2.45, 2.75) is 58.1 Å². The minimum atomic E-state index is -0.535. The van der Waals surface area contributed by atoms with E-state index in [0.29, 0.717) is 45.3 Å². The van der Waals surface area contributed by atoms with Gasteiger partial charge in [0.05, 0.1) is 0 Å². The van der Waals surface area contributed by atoms with Crippen LogP contribution in [0.3, 0.4) is 0 Å². The van der Waals surface area contributed by atoms with E-state index in [-0.39, 0.29) is 23.7 Å². The Balaban J connectivity index is 1.61. The quantitative estimate of drug-likeness (QED) is 0.627. The van der Waals surface area contributed by atoms with Gasteiger partial charge in [-0.15, -0.1) is 0 Å². The summed E-state index contributed by atoms with van der Waals surface area (Å²) < 4.78 is 5.14. The monoisotopic (exact) mass is 380 g/mol. The largest absolute Gasteiger partial charge is 0.444 e. The van der Waals surface area contributed by atoms with Crippen LogP contribution in [-0.4, -0.2) is 69.3 Å². The number of nitrogens with zero attached hydrogens (tertiary/aromatic N) is 3. The topological polar surface area (TPSA) is 129 Å². The number of H-pyrrole nitrogens is 1. The second-order valence-corrected chi connectivity index (χ2v) is 7.49. The molecule has 1 aromatic rings. The van der Waals surface area contributed by atoms with E-state index < -0.39 is 11.7 Å². The van der Waals surface area contributed by atoms with E-state index in [4.69, 9.17) is 4.74 Å². The van der Waals surface area contributed by atoms with E-state index in [2.05, 4.69) is 25.8 Å². The average molecular weight is 380 g/mol. The van der Waals surface area contributed by atoms with Crippen LogP contribution in [-0.2, 0) is 9.53 Å². The van der Waals surface area contributed by atoms with Crippen molar-refractivity contribution >= 4 is 17.9 Å². The highest BCUT2D eigenvalue weighted by atomic mass is 16.6. The molecule has 2 heterocycles. The lowest BCUT2D eigenvalue weighted by Crippen LogP contribution is -2.46. The molecule has 3 N–H and O–H groups in total. The molecule has 2 rings (SSSR count). The fourth-order valence-electron chi connectivity index (χ4n) is 2.74. The van der Waals surface area contributed by atoms with E-state index in [1.54, 1.807) is 25.7 Å². The van der Waals surface area contributed by atoms with Crippen molar-refractivity contribution in [3.05, 3.63) is 12.2 Å². The third-order valence-corrected chi connectivity index (χ3v) is 4.05. The molecule has 27 heavy (non-hydrogen) atoms. The zero-order chi connectivity index (χ0) is 19.9. The first-order valence-electron chi connectivity index (χ1n) is 9.15. The van der Waals surface area contributed by atoms with Crippen LogP contribution >= 0.6 is 0 Å². The molecule has 0 bridgehead atoms. The molecule has 10 nitrogen and oxygen atoms in total. The zero-order valence-corrected chi connectivity index (χ0v) is 16.1. The van der Waals surface area contributed by atoms with Crippen molar-refractivity contribution in [2.75, 3.05) is 19.6 Å². The van der Waals surface area contributed by atoms with Crippen molar-refractivity contribution in [2.24, 2.45) is 0 Å². The SMILES string of the molecule is CC(C)(C)OC(=O)NCCCC(=O)N1CCC(NC(=O)c2ncn[nH]2)CC1. The lowest BCUT2D eigenvalue weighted by molar-refractivity contribution is -0.132. The number of carbonyl (C=O) groups excluding carboxylic acids is 3. The van der Waals surface area contributed by atoms with Gasteiger partial charge in [0, 0.05) is 32.1 Å². The number of alkyl carbamates (subject to hydrolysis) is 1. The summed E-state index contributed by atoms with van der Waals surface area (Å²) in [4.78, 5) is 41.3. The first kappa shape index (κ1) is 20.7. The number of piperidine rings is 1. The lowest BCUT2D eigenvalue weighted by Gasteiger charge is -2.32. The number of rotatable bonds is 6. The first-order valence-corrected chi connectivity index (χ1v) is 9.15. The van der Waals surface area contributed by atoms with E-state index in [9.17, 15) is 14.4 Å². The van der Waals surface area contributed by atoms with Gasteiger partial charge in [-0.3, -0.25) is 14.7 Å². The molecular weight excluding hydrogens is 352 g/mol. The van der Waals surface area contributed by atoms with Gasteiger partial charge in [0.25, 0.3) is 5.91 Å². The molecule has 0 atom stereocenters. The highest BCUT2D eigenvalue weighted by molar-refractivity contribution is 5.90. The Labute approximate surface area is 158 Å². The number of carbonyl (C=O) groups is 3. The Morgan fingerprint density at radius 1 is 1.30 bits per heavy atom. The minimum absolute atomic E-state index is 0.0143. The van der Waals surface area contributed by atoms with Gasteiger partial charge in [0.2, 0.25) is 11.7 Å². The van der Waals surface area contributed by atoms with Crippen molar-refractivity contribution in [1.82, 2.24) is 30.7 Å². The second-order valence-electron chi connectivity index (χ2n) is 7.49. The molecule has 0 aliphatic carbocycles. The van der Waals surface area contributed by atoms with Gasteiger partial charge in [0.15, 0.2) is 0 Å². The zero-order valence-electron chi connectivity index (χ0n) is 16.1. The Kier molecular flexibility index (Phi) is 7.14. The van der Waals surface area contributed by atoms with Crippen molar-refractivity contribution < 1.29 is 19.1 Å². The molecule has 0 saturated carbocycles. The number of ether oxygens (including phenoxy) is 1.